The van der Waals surface area contributed by atoms with E-state index >= 15 is 0 Å². The van der Waals surface area contributed by atoms with E-state index in [4.69, 9.17) is 5.73 Å². The van der Waals surface area contributed by atoms with Gasteiger partial charge in [0, 0.05) is 6.54 Å². The number of nitrogens with one attached hydrogen (secondary N) is 1. The molecule has 20 heavy (non-hydrogen) atoms. The lowest BCUT2D eigenvalue weighted by Gasteiger charge is -2.30. The summed E-state index contributed by atoms with van der Waals surface area (Å²) < 4.78 is 0. The number of amides is 1. The largest absolute Gasteiger partial charge is 0.355 e. The van der Waals surface area contributed by atoms with Crippen LogP contribution in [0.4, 0.5) is 0 Å². The number of piperidine rings is 1. The van der Waals surface area contributed by atoms with Crippen LogP contribution in [0.25, 0.3) is 0 Å². The lowest BCUT2D eigenvalue weighted by Crippen LogP contribution is -2.41. The summed E-state index contributed by atoms with van der Waals surface area (Å²) in [6.07, 6.45) is 6.62. The van der Waals surface area contributed by atoms with Crippen molar-refractivity contribution in [2.24, 2.45) is 11.7 Å². The quantitative estimate of drug-likeness (QED) is 0.676. The first-order valence-electron chi connectivity index (χ1n) is 7.89. The van der Waals surface area contributed by atoms with Crippen LogP contribution in [-0.4, -0.2) is 43.0 Å². The van der Waals surface area contributed by atoms with Crippen molar-refractivity contribution in [3.63, 3.8) is 0 Å². The van der Waals surface area contributed by atoms with Crippen molar-refractivity contribution < 1.29 is 4.79 Å². The maximum absolute atomic E-state index is 11.6. The van der Waals surface area contributed by atoms with Crippen LogP contribution < -0.4 is 11.1 Å². The van der Waals surface area contributed by atoms with Crippen LogP contribution in [0.1, 0.15) is 52.4 Å². The number of likely N-dealkylation sites (tertiary alicyclic amines) is 1. The second kappa shape index (κ2) is 11.4. The molecule has 120 valence electrons. The van der Waals surface area contributed by atoms with Gasteiger partial charge in [-0.1, -0.05) is 20.3 Å². The molecule has 0 bridgehead atoms. The van der Waals surface area contributed by atoms with Gasteiger partial charge in [-0.25, -0.2) is 0 Å². The molecule has 1 atom stereocenters. The zero-order valence-corrected chi connectivity index (χ0v) is 13.9. The fourth-order valence-corrected chi connectivity index (χ4v) is 2.53. The molecular formula is C15H32ClN3O. The highest BCUT2D eigenvalue weighted by atomic mass is 35.5. The molecule has 1 heterocycles. The van der Waals surface area contributed by atoms with Crippen molar-refractivity contribution in [3.8, 4) is 0 Å². The summed E-state index contributed by atoms with van der Waals surface area (Å²) in [4.78, 5) is 14.1. The number of nitrogens with two attached hydrogens (primary N) is 1. The maximum Gasteiger partial charge on any atom is 0.236 e. The molecule has 1 rings (SSSR count). The van der Waals surface area contributed by atoms with E-state index in [1.165, 1.54) is 32.5 Å². The summed E-state index contributed by atoms with van der Waals surface area (Å²) in [6.45, 7) is 8.81. The number of carbonyl (C=O) groups excluding carboxylic acids is 1. The van der Waals surface area contributed by atoms with Crippen LogP contribution in [0.15, 0.2) is 0 Å². The molecule has 0 spiro atoms. The molecule has 0 aromatic carbocycles. The maximum atomic E-state index is 11.6. The van der Waals surface area contributed by atoms with E-state index in [2.05, 4.69) is 17.1 Å². The SMILES string of the molecule is CCCC(N)C(=O)NCCCCN1CCC(C)CC1.Cl. The van der Waals surface area contributed by atoms with Crippen LogP contribution in [0.5, 0.6) is 0 Å². The Morgan fingerprint density at radius 2 is 2.00 bits per heavy atom. The van der Waals surface area contributed by atoms with E-state index in [1.807, 2.05) is 6.92 Å². The number of hydrogen-bond donors (Lipinski definition) is 2. The molecule has 0 saturated carbocycles. The van der Waals surface area contributed by atoms with Crippen molar-refractivity contribution in [2.75, 3.05) is 26.2 Å². The van der Waals surface area contributed by atoms with E-state index in [1.54, 1.807) is 0 Å². The van der Waals surface area contributed by atoms with Crippen molar-refractivity contribution in [3.05, 3.63) is 0 Å². The first-order valence-corrected chi connectivity index (χ1v) is 7.89. The van der Waals surface area contributed by atoms with Crippen LogP contribution in [0, 0.1) is 5.92 Å². The fraction of sp³-hybridized carbons (Fsp3) is 0.933. The molecule has 1 aliphatic heterocycles. The molecule has 1 aliphatic rings. The molecule has 3 N–H and O–H groups in total. The van der Waals surface area contributed by atoms with Gasteiger partial charge in [0.25, 0.3) is 0 Å². The third kappa shape index (κ3) is 8.08. The van der Waals surface area contributed by atoms with Crippen LogP contribution in [-0.2, 0) is 4.79 Å². The Kier molecular flexibility index (Phi) is 11.2. The normalized spacial score (nSPS) is 18.4. The monoisotopic (exact) mass is 305 g/mol. The summed E-state index contributed by atoms with van der Waals surface area (Å²) in [5, 5.41) is 2.93. The van der Waals surface area contributed by atoms with Crippen LogP contribution >= 0.6 is 12.4 Å². The molecule has 0 radical (unpaired) electrons. The Morgan fingerprint density at radius 3 is 2.60 bits per heavy atom. The Hall–Kier alpha value is -0.320. The van der Waals surface area contributed by atoms with Gasteiger partial charge in [-0.15, -0.1) is 12.4 Å². The lowest BCUT2D eigenvalue weighted by atomic mass is 9.99. The summed E-state index contributed by atoms with van der Waals surface area (Å²) >= 11 is 0. The third-order valence-electron chi connectivity index (χ3n) is 4.01. The molecule has 0 aliphatic carbocycles. The third-order valence-corrected chi connectivity index (χ3v) is 4.01. The molecule has 1 amide bonds. The zero-order valence-electron chi connectivity index (χ0n) is 13.1. The minimum absolute atomic E-state index is 0. The number of unbranched alkanes of at least 4 members (excludes halogenated alkanes) is 1. The van der Waals surface area contributed by atoms with Gasteiger partial charge in [0.15, 0.2) is 0 Å². The van der Waals surface area contributed by atoms with Crippen LogP contribution in [0.3, 0.4) is 0 Å². The molecule has 0 aromatic heterocycles. The Bertz CT molecular complexity index is 256. The minimum Gasteiger partial charge on any atom is -0.355 e. The van der Waals surface area contributed by atoms with Gasteiger partial charge in [0.05, 0.1) is 6.04 Å². The summed E-state index contributed by atoms with van der Waals surface area (Å²) in [5.41, 5.74) is 5.75. The Morgan fingerprint density at radius 1 is 1.35 bits per heavy atom. The van der Waals surface area contributed by atoms with E-state index < -0.39 is 0 Å². The van der Waals surface area contributed by atoms with Crippen molar-refractivity contribution in [1.82, 2.24) is 10.2 Å². The lowest BCUT2D eigenvalue weighted by molar-refractivity contribution is -0.122. The van der Waals surface area contributed by atoms with Crippen molar-refractivity contribution >= 4 is 18.3 Å². The van der Waals surface area contributed by atoms with Crippen molar-refractivity contribution in [1.29, 1.82) is 0 Å². The van der Waals surface area contributed by atoms with Crippen LogP contribution in [0.2, 0.25) is 0 Å². The summed E-state index contributed by atoms with van der Waals surface area (Å²) in [5.74, 6) is 0.907. The summed E-state index contributed by atoms with van der Waals surface area (Å²) in [6, 6.07) is -0.325. The van der Waals surface area contributed by atoms with Gasteiger partial charge in [0.2, 0.25) is 5.91 Å². The zero-order chi connectivity index (χ0) is 14.1. The molecule has 1 fully saturated rings. The highest BCUT2D eigenvalue weighted by Crippen LogP contribution is 2.15. The standard InChI is InChI=1S/C15H31N3O.ClH/c1-3-6-14(16)15(19)17-9-4-5-10-18-11-7-13(2)8-12-18;/h13-14H,3-12,16H2,1-2H3,(H,17,19);1H. The minimum atomic E-state index is -0.325. The van der Waals surface area contributed by atoms with Gasteiger partial charge < -0.3 is 16.0 Å². The van der Waals surface area contributed by atoms with Gasteiger partial charge >= 0.3 is 0 Å². The second-order valence-electron chi connectivity index (χ2n) is 5.92. The van der Waals surface area contributed by atoms with E-state index in [0.29, 0.717) is 0 Å². The number of carbonyl (C=O) groups is 1. The molecule has 1 saturated heterocycles. The predicted octanol–water partition coefficient (Wildman–Crippen LogP) is 2.16. The smallest absolute Gasteiger partial charge is 0.236 e. The van der Waals surface area contributed by atoms with E-state index in [0.717, 1.165) is 38.1 Å². The molecule has 1 unspecified atom stereocenters. The highest BCUT2D eigenvalue weighted by Gasteiger charge is 2.15. The fourth-order valence-electron chi connectivity index (χ4n) is 2.53. The Labute approximate surface area is 130 Å². The molecular weight excluding hydrogens is 274 g/mol. The molecule has 4 nitrogen and oxygen atoms in total. The van der Waals surface area contributed by atoms with Gasteiger partial charge in [0.1, 0.15) is 0 Å². The van der Waals surface area contributed by atoms with Gasteiger partial charge in [-0.2, -0.15) is 0 Å². The first kappa shape index (κ1) is 19.7. The van der Waals surface area contributed by atoms with Gasteiger partial charge in [-0.3, -0.25) is 4.79 Å². The number of hydrogen-bond acceptors (Lipinski definition) is 3. The van der Waals surface area contributed by atoms with Gasteiger partial charge in [-0.05, 0) is 57.7 Å². The number of nitrogens with zero attached hydrogens (tertiary/aromatic N) is 1. The van der Waals surface area contributed by atoms with Crippen molar-refractivity contribution in [2.45, 2.75) is 58.4 Å². The predicted molar refractivity (Wildman–Crippen MR) is 87.2 cm³/mol. The number of halogens is 1. The highest BCUT2D eigenvalue weighted by molar-refractivity contribution is 5.85. The average Bonchev–Trinajstić information content (AvgIpc) is 2.40. The summed E-state index contributed by atoms with van der Waals surface area (Å²) in [7, 11) is 0. The molecule has 5 heteroatoms. The second-order valence-corrected chi connectivity index (χ2v) is 5.92. The number of rotatable bonds is 8. The first-order chi connectivity index (χ1) is 9.13. The molecule has 0 aromatic rings. The van der Waals surface area contributed by atoms with E-state index in [-0.39, 0.29) is 24.4 Å². The average molecular weight is 306 g/mol. The topological polar surface area (TPSA) is 58.4 Å². The van der Waals surface area contributed by atoms with E-state index in [9.17, 15) is 4.79 Å². The Balaban J connectivity index is 0.00000361.